The molecular formula is FeLiMgO4P+2. The topological polar surface area (TPSA) is 86.2 Å². The molecule has 0 heterocycles. The van der Waals surface area contributed by atoms with Crippen LogP contribution in [0.1, 0.15) is 0 Å². The van der Waals surface area contributed by atoms with Gasteiger partial charge in [0.25, 0.3) is 0 Å². The Bertz CT molecular complexity index is 62.2. The molecule has 8 heteroatoms. The third-order valence-electron chi connectivity index (χ3n) is 0. The van der Waals surface area contributed by atoms with Crippen LogP contribution in [0.25, 0.3) is 0 Å². The SMILES string of the molecule is O=P([O-])([O-])[O-].[Fe+2].[Li+].[Mg+2]. The molecule has 0 aromatic carbocycles. The Hall–Kier alpha value is 1.99. The normalized spacial score (nSPS) is 7.38. The molecule has 8 heavy (non-hydrogen) atoms. The van der Waals surface area contributed by atoms with E-state index in [0.29, 0.717) is 0 Å². The van der Waals surface area contributed by atoms with Crippen molar-refractivity contribution in [2.45, 2.75) is 0 Å². The number of rotatable bonds is 0. The molecule has 0 saturated heterocycles. The van der Waals surface area contributed by atoms with E-state index in [4.69, 9.17) is 19.2 Å². The van der Waals surface area contributed by atoms with Gasteiger partial charge in [-0.3, -0.25) is 0 Å². The van der Waals surface area contributed by atoms with Gasteiger partial charge in [0.15, 0.2) is 0 Å². The monoisotopic (exact) mass is 182 g/mol. The van der Waals surface area contributed by atoms with Crippen LogP contribution in [0, 0.1) is 0 Å². The van der Waals surface area contributed by atoms with Crippen LogP contribution < -0.4 is 33.5 Å². The van der Waals surface area contributed by atoms with E-state index in [-0.39, 0.29) is 59.0 Å². The first-order valence-electron chi connectivity index (χ1n) is 0.730. The molecule has 0 spiro atoms. The Kier molecular flexibility index (Phi) is 25.3. The first-order valence-corrected chi connectivity index (χ1v) is 2.19. The maximum absolute atomic E-state index is 8.55. The zero-order valence-corrected chi connectivity index (χ0v) is 7.55. The van der Waals surface area contributed by atoms with Gasteiger partial charge in [0, 0.05) is 0 Å². The second kappa shape index (κ2) is 8.99. The van der Waals surface area contributed by atoms with Gasteiger partial charge in [-0.25, -0.2) is 0 Å². The molecule has 0 saturated carbocycles. The van der Waals surface area contributed by atoms with Gasteiger partial charge in [-0.15, -0.1) is 0 Å². The fraction of sp³-hybridized carbons (Fsp3) is 0. The van der Waals surface area contributed by atoms with E-state index in [1.165, 1.54) is 0 Å². The molecule has 0 unspecified atom stereocenters. The summed E-state index contributed by atoms with van der Waals surface area (Å²) >= 11 is 0. The van der Waals surface area contributed by atoms with E-state index in [9.17, 15) is 0 Å². The van der Waals surface area contributed by atoms with E-state index < -0.39 is 7.82 Å². The van der Waals surface area contributed by atoms with Gasteiger partial charge in [0.05, 0.1) is 0 Å². The summed E-state index contributed by atoms with van der Waals surface area (Å²) in [5.74, 6) is 0. The minimum Gasteiger partial charge on any atom is -0.822 e. The standard InChI is InChI=1S/Fe.Li.Mg.H3O4P/c;;;1-5(2,3)4/h;;;(H3,1,2,3,4)/q+2;+1;+2;/p-3. The maximum atomic E-state index is 8.55. The summed E-state index contributed by atoms with van der Waals surface area (Å²) in [7, 11) is -5.39. The average molecular weight is 182 g/mol. The Morgan fingerprint density at radius 3 is 1.12 bits per heavy atom. The van der Waals surface area contributed by atoms with E-state index in [1.807, 2.05) is 0 Å². The smallest absolute Gasteiger partial charge is 0.822 e. The van der Waals surface area contributed by atoms with Gasteiger partial charge in [-0.2, -0.15) is 7.82 Å². The van der Waals surface area contributed by atoms with Crippen molar-refractivity contribution in [2.75, 3.05) is 0 Å². The Morgan fingerprint density at radius 2 is 1.12 bits per heavy atom. The van der Waals surface area contributed by atoms with Crippen molar-refractivity contribution in [2.24, 2.45) is 0 Å². The molecule has 0 radical (unpaired) electrons. The number of phosphoric acid groups is 1. The zero-order valence-electron chi connectivity index (χ0n) is 4.14. The fourth-order valence-corrected chi connectivity index (χ4v) is 0. The van der Waals surface area contributed by atoms with Gasteiger partial charge < -0.3 is 19.2 Å². The maximum Gasteiger partial charge on any atom is 2.00 e. The molecule has 0 rings (SSSR count). The summed E-state index contributed by atoms with van der Waals surface area (Å²) in [4.78, 5) is 25.6. The quantitative estimate of drug-likeness (QED) is 0.275. The van der Waals surface area contributed by atoms with E-state index >= 15 is 0 Å². The van der Waals surface area contributed by atoms with Gasteiger partial charge >= 0.3 is 59.0 Å². The summed E-state index contributed by atoms with van der Waals surface area (Å²) in [6.07, 6.45) is 0. The summed E-state index contributed by atoms with van der Waals surface area (Å²) in [5, 5.41) is 0. The number of hydrogen-bond donors (Lipinski definition) is 0. The van der Waals surface area contributed by atoms with Crippen molar-refractivity contribution in [3.05, 3.63) is 0 Å². The fourth-order valence-electron chi connectivity index (χ4n) is 0. The average Bonchev–Trinajstić information content (AvgIpc) is 0.722. The van der Waals surface area contributed by atoms with Crippen molar-refractivity contribution in [3.8, 4) is 0 Å². The van der Waals surface area contributed by atoms with Crippen molar-refractivity contribution >= 4 is 30.9 Å². The molecule has 0 aromatic heterocycles. The predicted molar refractivity (Wildman–Crippen MR) is 13.4 cm³/mol. The van der Waals surface area contributed by atoms with Gasteiger partial charge in [-0.1, -0.05) is 0 Å². The van der Waals surface area contributed by atoms with Gasteiger partial charge in [0.2, 0.25) is 0 Å². The summed E-state index contributed by atoms with van der Waals surface area (Å²) in [6, 6.07) is 0. The third kappa shape index (κ3) is 98.4. The molecule has 0 aliphatic rings. The first kappa shape index (κ1) is 22.5. The number of hydrogen-bond acceptors (Lipinski definition) is 4. The van der Waals surface area contributed by atoms with Crippen LogP contribution in [0.4, 0.5) is 0 Å². The molecule has 0 aliphatic carbocycles. The summed E-state index contributed by atoms with van der Waals surface area (Å²) in [6.45, 7) is 0. The van der Waals surface area contributed by atoms with Crippen LogP contribution in [0.2, 0.25) is 0 Å². The Morgan fingerprint density at radius 1 is 1.12 bits per heavy atom. The second-order valence-electron chi connectivity index (χ2n) is 0.447. The predicted octanol–water partition coefficient (Wildman–Crippen LogP) is -6.20. The van der Waals surface area contributed by atoms with Crippen LogP contribution in [-0.4, -0.2) is 23.1 Å². The van der Waals surface area contributed by atoms with Crippen molar-refractivity contribution in [3.63, 3.8) is 0 Å². The van der Waals surface area contributed by atoms with Crippen LogP contribution >= 0.6 is 7.82 Å². The molecule has 0 amide bonds. The minimum absolute atomic E-state index is 0. The molecule has 38 valence electrons. The molecular weight excluding hydrogens is 182 g/mol. The summed E-state index contributed by atoms with van der Waals surface area (Å²) < 4.78 is 8.55. The Labute approximate surface area is 85.5 Å². The molecule has 0 bridgehead atoms. The van der Waals surface area contributed by atoms with E-state index in [1.54, 1.807) is 0 Å². The van der Waals surface area contributed by atoms with Crippen molar-refractivity contribution in [1.82, 2.24) is 0 Å². The largest absolute Gasteiger partial charge is 2.00 e. The van der Waals surface area contributed by atoms with Gasteiger partial charge in [-0.05, 0) is 0 Å². The van der Waals surface area contributed by atoms with Crippen LogP contribution in [0.15, 0.2) is 0 Å². The van der Waals surface area contributed by atoms with Gasteiger partial charge in [0.1, 0.15) is 0 Å². The molecule has 0 fully saturated rings. The molecule has 0 aromatic rings. The molecule has 0 N–H and O–H groups in total. The van der Waals surface area contributed by atoms with Crippen LogP contribution in [0.5, 0.6) is 0 Å². The van der Waals surface area contributed by atoms with Crippen molar-refractivity contribution < 1.29 is 55.2 Å². The minimum atomic E-state index is -5.39. The van der Waals surface area contributed by atoms with E-state index in [0.717, 1.165) is 0 Å². The molecule has 4 nitrogen and oxygen atoms in total. The second-order valence-corrected chi connectivity index (χ2v) is 1.34. The molecule has 0 aliphatic heterocycles. The molecule has 0 atom stereocenters. The first-order chi connectivity index (χ1) is 2.00. The Balaban J connectivity index is -0.0000000267. The van der Waals surface area contributed by atoms with Crippen LogP contribution in [0.3, 0.4) is 0 Å². The van der Waals surface area contributed by atoms with E-state index in [2.05, 4.69) is 0 Å². The zero-order chi connectivity index (χ0) is 4.50. The van der Waals surface area contributed by atoms with Crippen molar-refractivity contribution in [1.29, 1.82) is 0 Å². The summed E-state index contributed by atoms with van der Waals surface area (Å²) in [5.41, 5.74) is 0. The third-order valence-corrected chi connectivity index (χ3v) is 0. The van der Waals surface area contributed by atoms with Crippen LogP contribution in [-0.2, 0) is 21.6 Å².